The van der Waals surface area contributed by atoms with E-state index in [1.54, 1.807) is 0 Å². The Labute approximate surface area is 186 Å². The Bertz CT molecular complexity index is 980. The lowest BCUT2D eigenvalue weighted by molar-refractivity contribution is 0.320. The quantitative estimate of drug-likeness (QED) is 0.148. The molecule has 31 heavy (non-hydrogen) atoms. The summed E-state index contributed by atoms with van der Waals surface area (Å²) in [6, 6.07) is 19.7. The van der Waals surface area contributed by atoms with Crippen molar-refractivity contribution in [1.29, 1.82) is 0 Å². The molecule has 0 amide bonds. The van der Waals surface area contributed by atoms with E-state index in [9.17, 15) is 0 Å². The number of hydrogen-bond acceptors (Lipinski definition) is 4. The van der Waals surface area contributed by atoms with Gasteiger partial charge in [-0.1, -0.05) is 104 Å². The summed E-state index contributed by atoms with van der Waals surface area (Å²) >= 11 is 0. The van der Waals surface area contributed by atoms with Crippen molar-refractivity contribution in [1.82, 2.24) is 5.16 Å². The lowest BCUT2D eigenvalue weighted by Gasteiger charge is -1.97. The molecule has 1 N–H and O–H groups in total. The van der Waals surface area contributed by atoms with Crippen molar-refractivity contribution in [3.8, 4) is 23.1 Å². The molecule has 0 unspecified atom stereocenters. The highest BCUT2D eigenvalue weighted by atomic mass is 16.5. The van der Waals surface area contributed by atoms with Gasteiger partial charge in [-0.15, -0.1) is 0 Å². The Kier molecular flexibility index (Phi) is 10.7. The Morgan fingerprint density at radius 3 is 2.23 bits per heavy atom. The zero-order valence-electron chi connectivity index (χ0n) is 18.8. The first-order valence-corrected chi connectivity index (χ1v) is 11.0. The van der Waals surface area contributed by atoms with Crippen molar-refractivity contribution in [2.24, 2.45) is 5.16 Å². The molecular weight excluding hydrogens is 384 g/mol. The van der Waals surface area contributed by atoms with E-state index < -0.39 is 0 Å². The minimum absolute atomic E-state index is 0.437. The second-order valence-electron chi connectivity index (χ2n) is 7.27. The van der Waals surface area contributed by atoms with Gasteiger partial charge in [-0.2, -0.15) is 0 Å². The number of unbranched alkanes of at least 4 members (excludes halogenated alkanes) is 3. The molecule has 0 saturated heterocycles. The van der Waals surface area contributed by atoms with Crippen molar-refractivity contribution in [3.63, 3.8) is 0 Å². The zero-order valence-corrected chi connectivity index (χ0v) is 18.8. The van der Waals surface area contributed by atoms with E-state index in [-0.39, 0.29) is 0 Å². The smallest absolute Gasteiger partial charge is 0.159 e. The van der Waals surface area contributed by atoms with Gasteiger partial charge in [0.25, 0.3) is 0 Å². The van der Waals surface area contributed by atoms with Gasteiger partial charge in [0.15, 0.2) is 5.71 Å². The molecule has 0 fully saturated rings. The molecule has 0 aliphatic rings. The lowest BCUT2D eigenvalue weighted by Crippen LogP contribution is -1.96. The largest absolute Gasteiger partial charge is 0.410 e. The average molecular weight is 417 g/mol. The van der Waals surface area contributed by atoms with E-state index in [2.05, 4.69) is 55.1 Å². The van der Waals surface area contributed by atoms with Crippen LogP contribution < -0.4 is 0 Å². The van der Waals surface area contributed by atoms with E-state index in [1.165, 1.54) is 12.0 Å². The molecule has 0 bridgehead atoms. The van der Waals surface area contributed by atoms with Crippen LogP contribution in [0.2, 0.25) is 0 Å². The molecule has 0 radical (unpaired) electrons. The van der Waals surface area contributed by atoms with E-state index in [1.807, 2.05) is 48.5 Å². The van der Waals surface area contributed by atoms with Gasteiger partial charge in [-0.05, 0) is 25.7 Å². The second-order valence-corrected chi connectivity index (χ2v) is 7.27. The Hall–Kier alpha value is -3.32. The molecule has 4 heteroatoms. The predicted octanol–water partition coefficient (Wildman–Crippen LogP) is 7.05. The SMILES string of the molecule is CCCCC#C/C(=N\O)c1ccccc1.CCCCc1onc(-c2ccccc2)c1C. The molecule has 4 nitrogen and oxygen atoms in total. The van der Waals surface area contributed by atoms with Gasteiger partial charge in [0.05, 0.1) is 0 Å². The topological polar surface area (TPSA) is 58.6 Å². The van der Waals surface area contributed by atoms with Crippen molar-refractivity contribution in [2.45, 2.75) is 59.3 Å². The minimum Gasteiger partial charge on any atom is -0.410 e. The van der Waals surface area contributed by atoms with Gasteiger partial charge in [-0.25, -0.2) is 0 Å². The van der Waals surface area contributed by atoms with Crippen molar-refractivity contribution < 1.29 is 9.73 Å². The van der Waals surface area contributed by atoms with E-state index in [0.717, 1.165) is 54.7 Å². The van der Waals surface area contributed by atoms with Crippen molar-refractivity contribution in [3.05, 3.63) is 77.6 Å². The van der Waals surface area contributed by atoms with Gasteiger partial charge in [0.2, 0.25) is 0 Å². The molecule has 0 aliphatic carbocycles. The molecule has 2 aromatic carbocycles. The van der Waals surface area contributed by atoms with Crippen LogP contribution in [-0.4, -0.2) is 16.1 Å². The van der Waals surface area contributed by atoms with Crippen LogP contribution in [0.25, 0.3) is 11.3 Å². The standard InChI is InChI=1S/C14H17NO.C13H15NO/c1-3-4-10-13-11(2)14(15-16-13)12-8-6-5-7-9-12;1-2-3-4-8-11-13(14-15)12-9-6-5-7-10-12/h5-9H,3-4,10H2,1-2H3;5-7,9-10,15H,2-4H2,1H3/b;14-13+. The van der Waals surface area contributed by atoms with Crippen molar-refractivity contribution in [2.75, 3.05) is 0 Å². The monoisotopic (exact) mass is 416 g/mol. The van der Waals surface area contributed by atoms with Crippen LogP contribution in [0.4, 0.5) is 0 Å². The molecule has 3 rings (SSSR count). The first-order chi connectivity index (χ1) is 15.2. The fourth-order valence-corrected chi connectivity index (χ4v) is 2.97. The van der Waals surface area contributed by atoms with Crippen LogP contribution in [0.1, 0.15) is 62.8 Å². The number of rotatable bonds is 7. The first kappa shape index (κ1) is 24.0. The lowest BCUT2D eigenvalue weighted by atomic mass is 10.1. The Morgan fingerprint density at radius 2 is 1.61 bits per heavy atom. The highest BCUT2D eigenvalue weighted by Gasteiger charge is 2.12. The molecule has 0 spiro atoms. The van der Waals surface area contributed by atoms with Gasteiger partial charge in [-0.3, -0.25) is 0 Å². The van der Waals surface area contributed by atoms with Crippen LogP contribution in [0.3, 0.4) is 0 Å². The molecule has 0 atom stereocenters. The number of aromatic nitrogens is 1. The van der Waals surface area contributed by atoms with Gasteiger partial charge in [0.1, 0.15) is 11.5 Å². The molecule has 1 aromatic heterocycles. The summed E-state index contributed by atoms with van der Waals surface area (Å²) < 4.78 is 5.40. The van der Waals surface area contributed by atoms with E-state index in [0.29, 0.717) is 5.71 Å². The summed E-state index contributed by atoms with van der Waals surface area (Å²) in [6.07, 6.45) is 6.39. The van der Waals surface area contributed by atoms with Crippen molar-refractivity contribution >= 4 is 5.71 Å². The third-order valence-corrected chi connectivity index (χ3v) is 4.83. The number of aryl methyl sites for hydroxylation is 1. The molecule has 3 aromatic rings. The molecule has 0 aliphatic heterocycles. The van der Waals surface area contributed by atoms with E-state index >= 15 is 0 Å². The average Bonchev–Trinajstić information content (AvgIpc) is 3.19. The summed E-state index contributed by atoms with van der Waals surface area (Å²) in [5.41, 5.74) is 4.58. The van der Waals surface area contributed by atoms with Gasteiger partial charge < -0.3 is 9.73 Å². The maximum absolute atomic E-state index is 8.82. The summed E-state index contributed by atoms with van der Waals surface area (Å²) in [7, 11) is 0. The van der Waals surface area contributed by atoms with Crippen LogP contribution >= 0.6 is 0 Å². The number of oxime groups is 1. The fourth-order valence-electron chi connectivity index (χ4n) is 2.97. The number of nitrogens with zero attached hydrogens (tertiary/aromatic N) is 2. The number of benzene rings is 2. The molecule has 0 saturated carbocycles. The van der Waals surface area contributed by atoms with Crippen LogP contribution in [0, 0.1) is 18.8 Å². The summed E-state index contributed by atoms with van der Waals surface area (Å²) in [5.74, 6) is 6.89. The Morgan fingerprint density at radius 1 is 0.968 bits per heavy atom. The van der Waals surface area contributed by atoms with Crippen LogP contribution in [-0.2, 0) is 6.42 Å². The summed E-state index contributed by atoms with van der Waals surface area (Å²) in [5, 5.41) is 16.2. The summed E-state index contributed by atoms with van der Waals surface area (Å²) in [6.45, 7) is 6.40. The van der Waals surface area contributed by atoms with Gasteiger partial charge >= 0.3 is 0 Å². The Balaban J connectivity index is 0.000000221. The minimum atomic E-state index is 0.437. The molecule has 1 heterocycles. The third-order valence-electron chi connectivity index (χ3n) is 4.83. The molecule has 162 valence electrons. The zero-order chi connectivity index (χ0) is 22.3. The normalized spacial score (nSPS) is 10.6. The third kappa shape index (κ3) is 7.79. The second kappa shape index (κ2) is 13.8. The first-order valence-electron chi connectivity index (χ1n) is 11.0. The maximum atomic E-state index is 8.82. The maximum Gasteiger partial charge on any atom is 0.159 e. The fraction of sp³-hybridized carbons (Fsp3) is 0.333. The van der Waals surface area contributed by atoms with Crippen LogP contribution in [0.5, 0.6) is 0 Å². The number of hydrogen-bond donors (Lipinski definition) is 1. The molecular formula is C27H32N2O2. The highest BCUT2D eigenvalue weighted by Crippen LogP contribution is 2.25. The highest BCUT2D eigenvalue weighted by molar-refractivity contribution is 6.12. The predicted molar refractivity (Wildman–Crippen MR) is 127 cm³/mol. The van der Waals surface area contributed by atoms with Crippen LogP contribution in [0.15, 0.2) is 70.3 Å². The van der Waals surface area contributed by atoms with E-state index in [4.69, 9.17) is 9.73 Å². The van der Waals surface area contributed by atoms with Gasteiger partial charge in [0, 0.05) is 29.5 Å². The summed E-state index contributed by atoms with van der Waals surface area (Å²) in [4.78, 5) is 0.